The van der Waals surface area contributed by atoms with Gasteiger partial charge in [0, 0.05) is 23.5 Å². The molecule has 2 aromatic rings. The summed E-state index contributed by atoms with van der Waals surface area (Å²) in [5.74, 6) is 0.295. The van der Waals surface area contributed by atoms with E-state index in [1.54, 1.807) is 19.9 Å². The van der Waals surface area contributed by atoms with Gasteiger partial charge < -0.3 is 14.8 Å². The Morgan fingerprint density at radius 1 is 1.28 bits per heavy atom. The fourth-order valence-electron chi connectivity index (χ4n) is 2.48. The van der Waals surface area contributed by atoms with E-state index < -0.39 is 5.60 Å². The molecule has 0 bridgehead atoms. The number of aromatic nitrogens is 1. The van der Waals surface area contributed by atoms with Crippen LogP contribution in [0.25, 0.3) is 10.9 Å². The van der Waals surface area contributed by atoms with E-state index in [-0.39, 0.29) is 0 Å². The van der Waals surface area contributed by atoms with E-state index in [2.05, 4.69) is 18.4 Å². The van der Waals surface area contributed by atoms with Gasteiger partial charge in [0.15, 0.2) is 0 Å². The predicted molar refractivity (Wildman–Crippen MR) is 74.0 cm³/mol. The van der Waals surface area contributed by atoms with Crippen molar-refractivity contribution in [3.8, 4) is 5.75 Å². The van der Waals surface area contributed by atoms with Crippen LogP contribution in [-0.4, -0.2) is 20.4 Å². The first-order valence-electron chi connectivity index (χ1n) is 6.34. The van der Waals surface area contributed by atoms with Gasteiger partial charge in [-0.15, -0.1) is 0 Å². The fraction of sp³-hybridized carbons (Fsp3) is 0.467. The number of fused-ring (bicyclic) bond motifs is 1. The van der Waals surface area contributed by atoms with Crippen LogP contribution in [0.3, 0.4) is 0 Å². The van der Waals surface area contributed by atoms with E-state index in [0.29, 0.717) is 18.2 Å². The minimum atomic E-state index is -0.753. The normalized spacial score (nSPS) is 12.6. The van der Waals surface area contributed by atoms with Crippen LogP contribution in [0.15, 0.2) is 24.3 Å². The average Bonchev–Trinajstić information content (AvgIpc) is 2.54. The molecule has 0 spiro atoms. The van der Waals surface area contributed by atoms with Crippen LogP contribution in [0.5, 0.6) is 5.75 Å². The molecule has 0 atom stereocenters. The van der Waals surface area contributed by atoms with Crippen molar-refractivity contribution in [2.24, 2.45) is 0 Å². The third-order valence-electron chi connectivity index (χ3n) is 3.07. The molecule has 0 aliphatic carbocycles. The Morgan fingerprint density at radius 2 is 1.94 bits per heavy atom. The number of phenolic OH excluding ortho intramolecular Hbond substituents is 1. The molecule has 0 radical (unpaired) electrons. The maximum Gasteiger partial charge on any atom is 0.124 e. The van der Waals surface area contributed by atoms with Crippen molar-refractivity contribution in [3.63, 3.8) is 0 Å². The molecule has 0 unspecified atom stereocenters. The van der Waals surface area contributed by atoms with Crippen LogP contribution in [0.2, 0.25) is 0 Å². The Kier molecular flexibility index (Phi) is 3.11. The van der Waals surface area contributed by atoms with Gasteiger partial charge in [-0.3, -0.25) is 0 Å². The molecular formula is C15H21NO2. The van der Waals surface area contributed by atoms with Crippen LogP contribution in [0, 0.1) is 0 Å². The number of hydrogen-bond donors (Lipinski definition) is 2. The third kappa shape index (κ3) is 2.36. The molecule has 1 heterocycles. The number of phenols is 1. The van der Waals surface area contributed by atoms with Gasteiger partial charge in [-0.05, 0) is 45.9 Å². The van der Waals surface area contributed by atoms with Crippen molar-refractivity contribution in [1.82, 2.24) is 4.57 Å². The van der Waals surface area contributed by atoms with Crippen molar-refractivity contribution >= 4 is 10.9 Å². The van der Waals surface area contributed by atoms with E-state index in [4.69, 9.17) is 0 Å². The summed E-state index contributed by atoms with van der Waals surface area (Å²) in [7, 11) is 0. The van der Waals surface area contributed by atoms with Gasteiger partial charge in [0.25, 0.3) is 0 Å². The Morgan fingerprint density at radius 3 is 2.50 bits per heavy atom. The summed E-state index contributed by atoms with van der Waals surface area (Å²) >= 11 is 0. The Labute approximate surface area is 108 Å². The zero-order valence-corrected chi connectivity index (χ0v) is 11.4. The SMILES string of the molecule is CC(C)n1c(CC(C)(C)O)cc2c(O)cccc21. The quantitative estimate of drug-likeness (QED) is 0.874. The number of aromatic hydroxyl groups is 1. The monoisotopic (exact) mass is 247 g/mol. The standard InChI is InChI=1S/C15H21NO2/c1-10(2)16-11(9-15(3,4)18)8-12-13(16)6-5-7-14(12)17/h5-8,10,17-18H,9H2,1-4H3. The lowest BCUT2D eigenvalue weighted by molar-refractivity contribution is 0.0789. The topological polar surface area (TPSA) is 45.4 Å². The fourth-order valence-corrected chi connectivity index (χ4v) is 2.48. The summed E-state index contributed by atoms with van der Waals surface area (Å²) < 4.78 is 2.17. The lowest BCUT2D eigenvalue weighted by Gasteiger charge is -2.21. The van der Waals surface area contributed by atoms with E-state index in [0.717, 1.165) is 16.6 Å². The average molecular weight is 247 g/mol. The van der Waals surface area contributed by atoms with Gasteiger partial charge >= 0.3 is 0 Å². The molecule has 1 aromatic carbocycles. The van der Waals surface area contributed by atoms with Crippen molar-refractivity contribution in [2.75, 3.05) is 0 Å². The van der Waals surface area contributed by atoms with Gasteiger partial charge in [-0.25, -0.2) is 0 Å². The molecule has 0 aliphatic heterocycles. The lowest BCUT2D eigenvalue weighted by Crippen LogP contribution is -2.24. The summed E-state index contributed by atoms with van der Waals surface area (Å²) in [6.45, 7) is 7.82. The smallest absolute Gasteiger partial charge is 0.124 e. The number of hydrogen-bond acceptors (Lipinski definition) is 2. The molecule has 0 saturated carbocycles. The molecule has 0 fully saturated rings. The zero-order valence-electron chi connectivity index (χ0n) is 11.4. The van der Waals surface area contributed by atoms with Gasteiger partial charge in [0.05, 0.1) is 11.1 Å². The number of rotatable bonds is 3. The maximum absolute atomic E-state index is 10.00. The Bertz CT molecular complexity index is 562. The molecule has 2 rings (SSSR count). The zero-order chi connectivity index (χ0) is 13.5. The molecule has 0 saturated heterocycles. The largest absolute Gasteiger partial charge is 0.507 e. The second kappa shape index (κ2) is 4.32. The first kappa shape index (κ1) is 13.0. The van der Waals surface area contributed by atoms with Gasteiger partial charge in [-0.1, -0.05) is 6.07 Å². The number of benzene rings is 1. The molecular weight excluding hydrogens is 226 g/mol. The summed E-state index contributed by atoms with van der Waals surface area (Å²) in [5, 5.41) is 20.8. The molecule has 18 heavy (non-hydrogen) atoms. The van der Waals surface area contributed by atoms with Crippen LogP contribution >= 0.6 is 0 Å². The van der Waals surface area contributed by atoms with Crippen molar-refractivity contribution in [2.45, 2.75) is 45.8 Å². The number of aliphatic hydroxyl groups is 1. The lowest BCUT2D eigenvalue weighted by atomic mass is 10.0. The molecule has 2 N–H and O–H groups in total. The van der Waals surface area contributed by atoms with E-state index in [1.165, 1.54) is 0 Å². The van der Waals surface area contributed by atoms with E-state index >= 15 is 0 Å². The molecule has 1 aromatic heterocycles. The van der Waals surface area contributed by atoms with Crippen LogP contribution in [0.4, 0.5) is 0 Å². The second-order valence-electron chi connectivity index (χ2n) is 5.80. The predicted octanol–water partition coefficient (Wildman–Crippen LogP) is 3.24. The molecule has 0 amide bonds. The maximum atomic E-state index is 10.00. The van der Waals surface area contributed by atoms with Gasteiger partial charge in [0.1, 0.15) is 5.75 Å². The highest BCUT2D eigenvalue weighted by atomic mass is 16.3. The molecule has 3 heteroatoms. The van der Waals surface area contributed by atoms with Gasteiger partial charge in [-0.2, -0.15) is 0 Å². The summed E-state index contributed by atoms with van der Waals surface area (Å²) in [4.78, 5) is 0. The van der Waals surface area contributed by atoms with E-state index in [1.807, 2.05) is 18.2 Å². The highest BCUT2D eigenvalue weighted by Crippen LogP contribution is 2.31. The highest BCUT2D eigenvalue weighted by Gasteiger charge is 2.20. The van der Waals surface area contributed by atoms with Crippen molar-refractivity contribution in [3.05, 3.63) is 30.0 Å². The minimum absolute atomic E-state index is 0.293. The first-order valence-corrected chi connectivity index (χ1v) is 6.34. The number of nitrogens with zero attached hydrogens (tertiary/aromatic N) is 1. The van der Waals surface area contributed by atoms with Crippen LogP contribution < -0.4 is 0 Å². The Hall–Kier alpha value is -1.48. The summed E-state index contributed by atoms with van der Waals surface area (Å²) in [6, 6.07) is 7.82. The summed E-state index contributed by atoms with van der Waals surface area (Å²) in [6.07, 6.45) is 0.569. The molecule has 98 valence electrons. The third-order valence-corrected chi connectivity index (χ3v) is 3.07. The van der Waals surface area contributed by atoms with Gasteiger partial charge in [0.2, 0.25) is 0 Å². The Balaban J connectivity index is 2.65. The van der Waals surface area contributed by atoms with Crippen molar-refractivity contribution in [1.29, 1.82) is 0 Å². The van der Waals surface area contributed by atoms with Crippen LogP contribution in [0.1, 0.15) is 39.4 Å². The highest BCUT2D eigenvalue weighted by molar-refractivity contribution is 5.87. The molecule has 0 aliphatic rings. The summed E-state index contributed by atoms with van der Waals surface area (Å²) in [5.41, 5.74) is 1.31. The minimum Gasteiger partial charge on any atom is -0.507 e. The first-order chi connectivity index (χ1) is 8.29. The van der Waals surface area contributed by atoms with Crippen molar-refractivity contribution < 1.29 is 10.2 Å². The van der Waals surface area contributed by atoms with E-state index in [9.17, 15) is 10.2 Å². The van der Waals surface area contributed by atoms with Crippen LogP contribution in [-0.2, 0) is 6.42 Å². The second-order valence-corrected chi connectivity index (χ2v) is 5.80. The molecule has 3 nitrogen and oxygen atoms in total.